The second-order valence-corrected chi connectivity index (χ2v) is 6.93. The normalized spacial score (nSPS) is 13.7. The Kier molecular flexibility index (Phi) is 4.76. The zero-order valence-electron chi connectivity index (χ0n) is 14.9. The van der Waals surface area contributed by atoms with Crippen molar-refractivity contribution in [2.24, 2.45) is 0 Å². The van der Waals surface area contributed by atoms with Gasteiger partial charge in [0.1, 0.15) is 12.7 Å². The molecule has 0 saturated carbocycles. The first-order chi connectivity index (χ1) is 13.6. The van der Waals surface area contributed by atoms with Crippen LogP contribution in [-0.4, -0.2) is 22.8 Å². The van der Waals surface area contributed by atoms with Crippen molar-refractivity contribution in [3.63, 3.8) is 0 Å². The number of nitriles is 1. The van der Waals surface area contributed by atoms with Crippen molar-refractivity contribution in [1.82, 2.24) is 4.40 Å². The van der Waals surface area contributed by atoms with Crippen LogP contribution in [0.4, 0.5) is 5.69 Å². The largest absolute Gasteiger partial charge is 0.457 e. The molecule has 0 atom stereocenters. The van der Waals surface area contributed by atoms with Gasteiger partial charge in [-0.15, -0.1) is 0 Å². The van der Waals surface area contributed by atoms with Crippen LogP contribution in [0, 0.1) is 11.3 Å². The number of fused-ring (bicyclic) bond motifs is 1. The Labute approximate surface area is 166 Å². The molecule has 0 bridgehead atoms. The van der Waals surface area contributed by atoms with E-state index in [9.17, 15) is 14.9 Å². The van der Waals surface area contributed by atoms with Gasteiger partial charge in [0.2, 0.25) is 5.91 Å². The van der Waals surface area contributed by atoms with E-state index >= 15 is 0 Å². The van der Waals surface area contributed by atoms with E-state index in [0.717, 1.165) is 11.9 Å². The molecule has 140 valence electrons. The molecule has 4 rings (SSSR count). The molecule has 0 radical (unpaired) electrons. The number of carbonyl (C=O) groups is 2. The van der Waals surface area contributed by atoms with Crippen LogP contribution in [-0.2, 0) is 16.1 Å². The quantitative estimate of drug-likeness (QED) is 0.629. The van der Waals surface area contributed by atoms with E-state index in [2.05, 4.69) is 6.07 Å². The van der Waals surface area contributed by atoms with Gasteiger partial charge in [0.05, 0.1) is 27.4 Å². The predicted molar refractivity (Wildman–Crippen MR) is 104 cm³/mol. The van der Waals surface area contributed by atoms with E-state index < -0.39 is 5.97 Å². The van der Waals surface area contributed by atoms with Crippen LogP contribution in [0.2, 0.25) is 5.02 Å². The molecule has 1 aliphatic rings. The van der Waals surface area contributed by atoms with E-state index in [4.69, 9.17) is 16.3 Å². The number of hydrogen-bond acceptors (Lipinski definition) is 4. The molecule has 3 heterocycles. The highest BCUT2D eigenvalue weighted by Gasteiger charge is 2.25. The van der Waals surface area contributed by atoms with Crippen molar-refractivity contribution in [2.45, 2.75) is 19.4 Å². The summed E-state index contributed by atoms with van der Waals surface area (Å²) in [5.74, 6) is -0.546. The Balaban J connectivity index is 1.55. The third-order valence-electron chi connectivity index (χ3n) is 4.78. The molecule has 1 fully saturated rings. The van der Waals surface area contributed by atoms with Gasteiger partial charge in [-0.05, 0) is 36.8 Å². The lowest BCUT2D eigenvalue weighted by Crippen LogP contribution is -2.24. The predicted octanol–water partition coefficient (Wildman–Crippen LogP) is 3.95. The lowest BCUT2D eigenvalue weighted by Gasteiger charge is -2.18. The van der Waals surface area contributed by atoms with Gasteiger partial charge in [0.15, 0.2) is 0 Å². The van der Waals surface area contributed by atoms with Gasteiger partial charge in [-0.25, -0.2) is 4.79 Å². The fourth-order valence-corrected chi connectivity index (χ4v) is 3.61. The number of rotatable bonds is 4. The average Bonchev–Trinajstić information content (AvgIpc) is 3.29. The van der Waals surface area contributed by atoms with E-state index in [1.165, 1.54) is 0 Å². The van der Waals surface area contributed by atoms with Crippen molar-refractivity contribution >= 4 is 34.7 Å². The maximum atomic E-state index is 12.5. The summed E-state index contributed by atoms with van der Waals surface area (Å²) in [7, 11) is 0. The summed E-state index contributed by atoms with van der Waals surface area (Å²) in [6.07, 6.45) is 4.85. The summed E-state index contributed by atoms with van der Waals surface area (Å²) in [4.78, 5) is 26.1. The first-order valence-electron chi connectivity index (χ1n) is 8.84. The van der Waals surface area contributed by atoms with E-state index in [0.29, 0.717) is 40.4 Å². The summed E-state index contributed by atoms with van der Waals surface area (Å²) >= 11 is 6.22. The first-order valence-corrected chi connectivity index (χ1v) is 9.22. The zero-order valence-corrected chi connectivity index (χ0v) is 15.6. The molecule has 6 nitrogen and oxygen atoms in total. The van der Waals surface area contributed by atoms with Gasteiger partial charge < -0.3 is 14.0 Å². The number of benzene rings is 1. The molecule has 7 heteroatoms. The Morgan fingerprint density at radius 1 is 1.29 bits per heavy atom. The number of amides is 1. The number of halogens is 1. The molecule has 1 aromatic carbocycles. The highest BCUT2D eigenvalue weighted by Crippen LogP contribution is 2.30. The monoisotopic (exact) mass is 393 g/mol. The smallest absolute Gasteiger partial charge is 0.338 e. The van der Waals surface area contributed by atoms with Gasteiger partial charge in [0, 0.05) is 30.9 Å². The SMILES string of the molecule is N#Cc1c(COC(=O)c2ccc(Cl)c(N3CCCC3=O)c2)cn2ccccc12. The molecule has 1 aliphatic heterocycles. The van der Waals surface area contributed by atoms with Gasteiger partial charge in [-0.1, -0.05) is 17.7 Å². The van der Waals surface area contributed by atoms with E-state index in [1.54, 1.807) is 29.3 Å². The molecular weight excluding hydrogens is 378 g/mol. The standard InChI is InChI=1S/C21H16ClN3O3/c22-17-7-6-14(10-19(17)25-9-3-5-20(25)26)21(27)28-13-15-12-24-8-2-1-4-18(24)16(15)11-23/h1-2,4,6-8,10,12H,3,5,9,13H2. The molecule has 1 saturated heterocycles. The third kappa shape index (κ3) is 3.21. The van der Waals surface area contributed by atoms with Gasteiger partial charge >= 0.3 is 5.97 Å². The molecule has 0 N–H and O–H groups in total. The van der Waals surface area contributed by atoms with Crippen molar-refractivity contribution < 1.29 is 14.3 Å². The summed E-state index contributed by atoms with van der Waals surface area (Å²) in [6, 6.07) is 12.4. The Hall–Kier alpha value is -3.30. The molecule has 0 aliphatic carbocycles. The molecule has 2 aromatic heterocycles. The molecular formula is C21H16ClN3O3. The molecule has 3 aromatic rings. The minimum Gasteiger partial charge on any atom is -0.457 e. The lowest BCUT2D eigenvalue weighted by atomic mass is 10.1. The van der Waals surface area contributed by atoms with Crippen LogP contribution in [0.25, 0.3) is 5.52 Å². The maximum absolute atomic E-state index is 12.5. The van der Waals surface area contributed by atoms with Crippen LogP contribution in [0.3, 0.4) is 0 Å². The average molecular weight is 394 g/mol. The van der Waals surface area contributed by atoms with E-state index in [1.807, 2.05) is 28.8 Å². The van der Waals surface area contributed by atoms with Crippen LogP contribution in [0.1, 0.15) is 34.3 Å². The summed E-state index contributed by atoms with van der Waals surface area (Å²) in [6.45, 7) is 0.559. The number of hydrogen-bond donors (Lipinski definition) is 0. The molecule has 0 unspecified atom stereocenters. The second kappa shape index (κ2) is 7.37. The number of anilines is 1. The van der Waals surface area contributed by atoms with Crippen LogP contribution >= 0.6 is 11.6 Å². The summed E-state index contributed by atoms with van der Waals surface area (Å²) < 4.78 is 7.24. The van der Waals surface area contributed by atoms with Crippen LogP contribution in [0.15, 0.2) is 48.8 Å². The molecule has 0 spiro atoms. The van der Waals surface area contributed by atoms with Gasteiger partial charge in [0.25, 0.3) is 0 Å². The second-order valence-electron chi connectivity index (χ2n) is 6.53. The number of pyridine rings is 1. The summed E-state index contributed by atoms with van der Waals surface area (Å²) in [5, 5.41) is 9.86. The van der Waals surface area contributed by atoms with Crippen LogP contribution in [0.5, 0.6) is 0 Å². The lowest BCUT2D eigenvalue weighted by molar-refractivity contribution is -0.117. The molecule has 1 amide bonds. The Bertz CT molecular complexity index is 1130. The first kappa shape index (κ1) is 18.1. The van der Waals surface area contributed by atoms with E-state index in [-0.39, 0.29) is 12.5 Å². The van der Waals surface area contributed by atoms with Crippen molar-refractivity contribution in [1.29, 1.82) is 5.26 Å². The molecule has 28 heavy (non-hydrogen) atoms. The van der Waals surface area contributed by atoms with Crippen molar-refractivity contribution in [2.75, 3.05) is 11.4 Å². The van der Waals surface area contributed by atoms with Crippen LogP contribution < -0.4 is 4.90 Å². The number of esters is 1. The number of carbonyl (C=O) groups excluding carboxylic acids is 2. The minimum atomic E-state index is -0.538. The number of aromatic nitrogens is 1. The Morgan fingerprint density at radius 3 is 2.89 bits per heavy atom. The minimum absolute atomic E-state index is 0.00780. The maximum Gasteiger partial charge on any atom is 0.338 e. The Morgan fingerprint density at radius 2 is 2.14 bits per heavy atom. The fourth-order valence-electron chi connectivity index (χ4n) is 3.39. The topological polar surface area (TPSA) is 74.8 Å². The highest BCUT2D eigenvalue weighted by atomic mass is 35.5. The summed E-state index contributed by atoms with van der Waals surface area (Å²) in [5.41, 5.74) is 2.70. The third-order valence-corrected chi connectivity index (χ3v) is 5.10. The highest BCUT2D eigenvalue weighted by molar-refractivity contribution is 6.34. The van der Waals surface area contributed by atoms with Crippen molar-refractivity contribution in [3.8, 4) is 6.07 Å². The number of ether oxygens (including phenoxy) is 1. The van der Waals surface area contributed by atoms with Gasteiger partial charge in [-0.2, -0.15) is 5.26 Å². The van der Waals surface area contributed by atoms with Crippen molar-refractivity contribution in [3.05, 3.63) is 70.5 Å². The zero-order chi connectivity index (χ0) is 19.7. The van der Waals surface area contributed by atoms with Gasteiger partial charge in [-0.3, -0.25) is 4.79 Å². The number of nitrogens with zero attached hydrogens (tertiary/aromatic N) is 3. The fraction of sp³-hybridized carbons (Fsp3) is 0.190.